The Bertz CT molecular complexity index is 932. The van der Waals surface area contributed by atoms with Crippen molar-refractivity contribution in [3.8, 4) is 0 Å². The number of aryl methyl sites for hydroxylation is 1. The summed E-state index contributed by atoms with van der Waals surface area (Å²) in [5.74, 6) is -1.57. The number of carboxylic acid groups (broad SMARTS) is 1. The van der Waals surface area contributed by atoms with E-state index in [0.717, 1.165) is 30.4 Å². The van der Waals surface area contributed by atoms with Crippen molar-refractivity contribution in [3.05, 3.63) is 71.3 Å². The predicted molar refractivity (Wildman–Crippen MR) is 124 cm³/mol. The average molecular weight is 455 g/mol. The zero-order valence-corrected chi connectivity index (χ0v) is 18.4. The van der Waals surface area contributed by atoms with Crippen molar-refractivity contribution in [3.63, 3.8) is 0 Å². The highest BCUT2D eigenvalue weighted by Crippen LogP contribution is 2.07. The number of carboxylic acids is 1. The summed E-state index contributed by atoms with van der Waals surface area (Å²) in [6.07, 6.45) is 1.21. The molecule has 9 heteroatoms. The highest BCUT2D eigenvalue weighted by molar-refractivity contribution is 5.94. The van der Waals surface area contributed by atoms with E-state index in [-0.39, 0.29) is 19.0 Å². The van der Waals surface area contributed by atoms with Crippen molar-refractivity contribution in [2.45, 2.75) is 38.3 Å². The van der Waals surface area contributed by atoms with Gasteiger partial charge in [0.1, 0.15) is 18.5 Å². The number of carbonyl (C=O) groups excluding carboxylic acids is 2. The maximum atomic E-state index is 12.4. The van der Waals surface area contributed by atoms with Crippen LogP contribution in [0.4, 0.5) is 4.79 Å². The quantitative estimate of drug-likeness (QED) is 0.166. The fourth-order valence-electron chi connectivity index (χ4n) is 3.09. The number of rotatable bonds is 14. The molecule has 0 unspecified atom stereocenters. The van der Waals surface area contributed by atoms with Crippen LogP contribution >= 0.6 is 0 Å². The number of hydrogen-bond acceptors (Lipinski definition) is 6. The highest BCUT2D eigenvalue weighted by Gasteiger charge is 2.23. The largest absolute Gasteiger partial charge is 0.481 e. The molecule has 0 aliphatic heterocycles. The minimum Gasteiger partial charge on any atom is -0.481 e. The summed E-state index contributed by atoms with van der Waals surface area (Å²) in [4.78, 5) is 35.5. The number of aliphatic carboxylic acids is 1. The second-order valence-corrected chi connectivity index (χ2v) is 7.57. The van der Waals surface area contributed by atoms with E-state index in [1.165, 1.54) is 0 Å². The summed E-state index contributed by atoms with van der Waals surface area (Å²) in [6, 6.07) is 15.4. The van der Waals surface area contributed by atoms with Gasteiger partial charge in [-0.1, -0.05) is 54.6 Å². The van der Waals surface area contributed by atoms with E-state index in [1.807, 2.05) is 42.5 Å². The molecule has 2 rings (SSSR count). The van der Waals surface area contributed by atoms with Gasteiger partial charge in [0.05, 0.1) is 13.0 Å². The number of nitrogen functional groups attached to an aromatic ring is 1. The molecule has 0 aromatic heterocycles. The van der Waals surface area contributed by atoms with Crippen LogP contribution in [0.3, 0.4) is 0 Å². The third-order valence-electron chi connectivity index (χ3n) is 4.91. The van der Waals surface area contributed by atoms with Crippen molar-refractivity contribution < 1.29 is 24.2 Å². The predicted octanol–water partition coefficient (Wildman–Crippen LogP) is 2.22. The van der Waals surface area contributed by atoms with Crippen LogP contribution in [0.1, 0.15) is 36.0 Å². The number of amidine groups is 1. The standard InChI is InChI=1S/C24H30N4O5/c25-23(26)19-11-9-17(10-12-19)6-4-5-13-27-15-21(29)20(14-22(30)31)28-24(32)33-16-18-7-2-1-3-8-18/h1-3,7-12,20,27H,4-6,13-16H2,(H3,25,26)(H,28,32)(H,30,31)/t20-/m0/s1. The summed E-state index contributed by atoms with van der Waals surface area (Å²) in [7, 11) is 0. The van der Waals surface area contributed by atoms with E-state index in [0.29, 0.717) is 12.1 Å². The second kappa shape index (κ2) is 13.6. The van der Waals surface area contributed by atoms with Crippen LogP contribution in [-0.4, -0.2) is 47.9 Å². The fraction of sp³-hybridized carbons (Fsp3) is 0.333. The van der Waals surface area contributed by atoms with E-state index < -0.39 is 30.3 Å². The van der Waals surface area contributed by atoms with Crippen LogP contribution < -0.4 is 16.4 Å². The zero-order valence-electron chi connectivity index (χ0n) is 18.4. The second-order valence-electron chi connectivity index (χ2n) is 7.57. The first kappa shape index (κ1) is 25.5. The molecule has 2 aromatic carbocycles. The van der Waals surface area contributed by atoms with Gasteiger partial charge in [0.25, 0.3) is 0 Å². The van der Waals surface area contributed by atoms with Gasteiger partial charge in [0, 0.05) is 5.56 Å². The Morgan fingerprint density at radius 1 is 1.00 bits per heavy atom. The Hall–Kier alpha value is -3.72. The van der Waals surface area contributed by atoms with Gasteiger partial charge in [-0.25, -0.2) is 4.79 Å². The highest BCUT2D eigenvalue weighted by atomic mass is 16.5. The molecule has 0 saturated carbocycles. The number of Topliss-reactive ketones (excluding diaryl/α,β-unsaturated/α-hetero) is 1. The van der Waals surface area contributed by atoms with Crippen molar-refractivity contribution in [2.24, 2.45) is 5.73 Å². The summed E-state index contributed by atoms with van der Waals surface area (Å²) < 4.78 is 5.08. The number of unbranched alkanes of at least 4 members (excludes halogenated alkanes) is 1. The maximum Gasteiger partial charge on any atom is 0.408 e. The number of benzene rings is 2. The molecule has 33 heavy (non-hydrogen) atoms. The Kier molecular flexibility index (Phi) is 10.6. The minimum atomic E-state index is -1.19. The molecule has 1 amide bonds. The molecule has 0 fully saturated rings. The third kappa shape index (κ3) is 9.96. The summed E-state index contributed by atoms with van der Waals surface area (Å²) >= 11 is 0. The van der Waals surface area contributed by atoms with Crippen LogP contribution in [0.5, 0.6) is 0 Å². The van der Waals surface area contributed by atoms with Crippen LogP contribution in [0.2, 0.25) is 0 Å². The molecule has 6 N–H and O–H groups in total. The molecule has 2 aromatic rings. The van der Waals surface area contributed by atoms with Gasteiger partial charge >= 0.3 is 12.1 Å². The first-order valence-corrected chi connectivity index (χ1v) is 10.7. The molecule has 1 atom stereocenters. The first-order valence-electron chi connectivity index (χ1n) is 10.7. The van der Waals surface area contributed by atoms with Crippen molar-refractivity contribution >= 4 is 23.7 Å². The number of ketones is 1. The number of carbonyl (C=O) groups is 3. The topological polar surface area (TPSA) is 155 Å². The van der Waals surface area contributed by atoms with Crippen LogP contribution in [-0.2, 0) is 27.4 Å². The van der Waals surface area contributed by atoms with Crippen molar-refractivity contribution in [1.82, 2.24) is 10.6 Å². The zero-order chi connectivity index (χ0) is 24.1. The van der Waals surface area contributed by atoms with E-state index in [2.05, 4.69) is 10.6 Å². The molecule has 0 radical (unpaired) electrons. The monoisotopic (exact) mass is 454 g/mol. The minimum absolute atomic E-state index is 0.0242. The lowest BCUT2D eigenvalue weighted by Gasteiger charge is -2.16. The van der Waals surface area contributed by atoms with E-state index in [4.69, 9.17) is 21.0 Å². The lowest BCUT2D eigenvalue weighted by Crippen LogP contribution is -2.46. The molecule has 0 bridgehead atoms. The molecule has 0 aliphatic rings. The Morgan fingerprint density at radius 3 is 2.33 bits per heavy atom. The number of hydrogen-bond donors (Lipinski definition) is 5. The van der Waals surface area contributed by atoms with Gasteiger partial charge in [-0.15, -0.1) is 0 Å². The van der Waals surface area contributed by atoms with Gasteiger partial charge in [0.15, 0.2) is 5.78 Å². The van der Waals surface area contributed by atoms with Gasteiger partial charge in [-0.05, 0) is 36.9 Å². The van der Waals surface area contributed by atoms with Crippen LogP contribution in [0.15, 0.2) is 54.6 Å². The van der Waals surface area contributed by atoms with Gasteiger partial charge < -0.3 is 26.2 Å². The van der Waals surface area contributed by atoms with Gasteiger partial charge in [-0.2, -0.15) is 0 Å². The molecule has 0 saturated heterocycles. The number of alkyl carbamates (subject to hydrolysis) is 1. The Balaban J connectivity index is 1.68. The molecule has 0 spiro atoms. The van der Waals surface area contributed by atoms with Gasteiger partial charge in [0.2, 0.25) is 0 Å². The van der Waals surface area contributed by atoms with E-state index in [9.17, 15) is 14.4 Å². The molecular weight excluding hydrogens is 424 g/mol. The fourth-order valence-corrected chi connectivity index (χ4v) is 3.09. The SMILES string of the molecule is N=C(N)c1ccc(CCCCNCC(=O)[C@H](CC(=O)O)NC(=O)OCc2ccccc2)cc1. The number of nitrogens with two attached hydrogens (primary N) is 1. The Morgan fingerprint density at radius 2 is 1.70 bits per heavy atom. The third-order valence-corrected chi connectivity index (χ3v) is 4.91. The van der Waals surface area contributed by atoms with Crippen molar-refractivity contribution in [1.29, 1.82) is 5.41 Å². The molecular formula is C24H30N4O5. The molecule has 0 aliphatic carbocycles. The number of ether oxygens (including phenoxy) is 1. The van der Waals surface area contributed by atoms with Crippen LogP contribution in [0, 0.1) is 5.41 Å². The molecule has 176 valence electrons. The summed E-state index contributed by atoms with van der Waals surface area (Å²) in [5, 5.41) is 21.8. The lowest BCUT2D eigenvalue weighted by atomic mass is 10.1. The molecule has 0 heterocycles. The normalized spacial score (nSPS) is 11.4. The average Bonchev–Trinajstić information content (AvgIpc) is 2.80. The first-order chi connectivity index (χ1) is 15.8. The lowest BCUT2D eigenvalue weighted by molar-refractivity contribution is -0.139. The maximum absolute atomic E-state index is 12.4. The van der Waals surface area contributed by atoms with Gasteiger partial charge in [-0.3, -0.25) is 15.0 Å². The Labute approximate surface area is 192 Å². The van der Waals surface area contributed by atoms with Crippen molar-refractivity contribution in [2.75, 3.05) is 13.1 Å². The van der Waals surface area contributed by atoms with E-state index >= 15 is 0 Å². The van der Waals surface area contributed by atoms with Crippen LogP contribution in [0.25, 0.3) is 0 Å². The molecule has 9 nitrogen and oxygen atoms in total. The summed E-state index contributed by atoms with van der Waals surface area (Å²) in [5.41, 5.74) is 8.05. The number of nitrogens with one attached hydrogen (secondary N) is 3. The number of amides is 1. The van der Waals surface area contributed by atoms with E-state index in [1.54, 1.807) is 12.1 Å². The smallest absolute Gasteiger partial charge is 0.408 e. The summed E-state index contributed by atoms with van der Waals surface area (Å²) in [6.45, 7) is 0.552.